The molecule has 0 bridgehead atoms. The number of benzene rings is 1. The van der Waals surface area contributed by atoms with Gasteiger partial charge in [0.25, 0.3) is 5.91 Å². The average Bonchev–Trinajstić information content (AvgIpc) is 3.17. The third-order valence-corrected chi connectivity index (χ3v) is 4.76. The lowest BCUT2D eigenvalue weighted by Gasteiger charge is -2.22. The van der Waals surface area contributed by atoms with Crippen LogP contribution in [0.1, 0.15) is 30.6 Å². The van der Waals surface area contributed by atoms with Crippen molar-refractivity contribution in [2.45, 2.75) is 26.4 Å². The summed E-state index contributed by atoms with van der Waals surface area (Å²) in [6.07, 6.45) is 3.76. The Morgan fingerprint density at radius 3 is 2.56 bits per heavy atom. The Hall–Kier alpha value is -2.83. The first-order valence-corrected chi connectivity index (χ1v) is 9.31. The standard InChI is InChI=1S/C20H26N4O3/c1-4-23(5-2)16-8-6-15(7-9-16)20(25)24-11-10-17(14-24)27-19-13-21-12-18(22-19)26-3/h6-9,12-13,17H,4-5,10-11,14H2,1-3H3. The Kier molecular flexibility index (Phi) is 6.11. The van der Waals surface area contributed by atoms with Gasteiger partial charge in [0.15, 0.2) is 0 Å². The fourth-order valence-electron chi connectivity index (χ4n) is 3.25. The molecule has 3 rings (SSSR count). The normalized spacial score (nSPS) is 16.3. The molecule has 7 nitrogen and oxygen atoms in total. The largest absolute Gasteiger partial charge is 0.480 e. The molecule has 0 radical (unpaired) electrons. The molecule has 1 aromatic carbocycles. The number of aromatic nitrogens is 2. The highest BCUT2D eigenvalue weighted by Gasteiger charge is 2.28. The molecule has 1 saturated heterocycles. The molecule has 2 aromatic rings. The van der Waals surface area contributed by atoms with Gasteiger partial charge in [0.2, 0.25) is 11.8 Å². The van der Waals surface area contributed by atoms with E-state index in [9.17, 15) is 4.79 Å². The highest BCUT2D eigenvalue weighted by molar-refractivity contribution is 5.94. The highest BCUT2D eigenvalue weighted by Crippen LogP contribution is 2.21. The molecule has 1 amide bonds. The van der Waals surface area contributed by atoms with E-state index in [2.05, 4.69) is 28.7 Å². The van der Waals surface area contributed by atoms with Crippen molar-refractivity contribution in [2.75, 3.05) is 38.2 Å². The van der Waals surface area contributed by atoms with Gasteiger partial charge in [-0.3, -0.25) is 9.78 Å². The van der Waals surface area contributed by atoms with Crippen LogP contribution < -0.4 is 14.4 Å². The lowest BCUT2D eigenvalue weighted by atomic mass is 10.1. The van der Waals surface area contributed by atoms with Crippen LogP contribution in [0.5, 0.6) is 11.8 Å². The molecule has 1 atom stereocenters. The summed E-state index contributed by atoms with van der Waals surface area (Å²) < 4.78 is 10.9. The number of hydrogen-bond acceptors (Lipinski definition) is 6. The minimum absolute atomic E-state index is 0.0314. The van der Waals surface area contributed by atoms with Crippen molar-refractivity contribution in [2.24, 2.45) is 0 Å². The maximum absolute atomic E-state index is 12.8. The van der Waals surface area contributed by atoms with Gasteiger partial charge < -0.3 is 19.3 Å². The molecule has 1 fully saturated rings. The van der Waals surface area contributed by atoms with E-state index in [0.29, 0.717) is 30.4 Å². The molecule has 1 aliphatic heterocycles. The van der Waals surface area contributed by atoms with E-state index < -0.39 is 0 Å². The molecule has 1 aliphatic rings. The topological polar surface area (TPSA) is 67.8 Å². The number of anilines is 1. The van der Waals surface area contributed by atoms with Gasteiger partial charge in [0.05, 0.1) is 26.0 Å². The molecular weight excluding hydrogens is 344 g/mol. The van der Waals surface area contributed by atoms with E-state index in [1.54, 1.807) is 6.20 Å². The minimum atomic E-state index is -0.0923. The fraction of sp³-hybridized carbons (Fsp3) is 0.450. The molecule has 0 N–H and O–H groups in total. The second kappa shape index (κ2) is 8.70. The van der Waals surface area contributed by atoms with E-state index in [1.165, 1.54) is 13.3 Å². The van der Waals surface area contributed by atoms with Gasteiger partial charge in [-0.1, -0.05) is 0 Å². The summed E-state index contributed by atoms with van der Waals surface area (Å²) in [5.41, 5.74) is 1.84. The monoisotopic (exact) mass is 370 g/mol. The van der Waals surface area contributed by atoms with Crippen molar-refractivity contribution in [3.8, 4) is 11.8 Å². The first kappa shape index (κ1) is 18.9. The smallest absolute Gasteiger partial charge is 0.253 e. The summed E-state index contributed by atoms with van der Waals surface area (Å²) in [5, 5.41) is 0. The predicted molar refractivity (Wildman–Crippen MR) is 104 cm³/mol. The van der Waals surface area contributed by atoms with Crippen molar-refractivity contribution in [3.63, 3.8) is 0 Å². The Labute approximate surface area is 159 Å². The van der Waals surface area contributed by atoms with Crippen LogP contribution in [0.15, 0.2) is 36.7 Å². The Morgan fingerprint density at radius 2 is 1.89 bits per heavy atom. The van der Waals surface area contributed by atoms with Crippen LogP contribution in [0.25, 0.3) is 0 Å². The van der Waals surface area contributed by atoms with Gasteiger partial charge in [-0.25, -0.2) is 0 Å². The quantitative estimate of drug-likeness (QED) is 0.746. The number of ether oxygens (including phenoxy) is 2. The number of amides is 1. The maximum atomic E-state index is 12.8. The van der Waals surface area contributed by atoms with Crippen molar-refractivity contribution < 1.29 is 14.3 Å². The van der Waals surface area contributed by atoms with Gasteiger partial charge in [0.1, 0.15) is 6.10 Å². The molecule has 144 valence electrons. The molecular formula is C20H26N4O3. The molecule has 2 heterocycles. The average molecular weight is 370 g/mol. The van der Waals surface area contributed by atoms with Gasteiger partial charge in [-0.05, 0) is 38.1 Å². The molecule has 1 unspecified atom stereocenters. The third-order valence-electron chi connectivity index (χ3n) is 4.76. The zero-order valence-electron chi connectivity index (χ0n) is 16.1. The van der Waals surface area contributed by atoms with E-state index in [4.69, 9.17) is 9.47 Å². The zero-order chi connectivity index (χ0) is 19.2. The summed E-state index contributed by atoms with van der Waals surface area (Å²) in [4.78, 5) is 25.1. The first-order chi connectivity index (χ1) is 13.1. The SMILES string of the molecule is CCN(CC)c1ccc(C(=O)N2CCC(Oc3cncc(OC)n3)C2)cc1. The van der Waals surface area contributed by atoms with E-state index >= 15 is 0 Å². The fourth-order valence-corrected chi connectivity index (χ4v) is 3.25. The number of carbonyl (C=O) groups is 1. The summed E-state index contributed by atoms with van der Waals surface area (Å²) in [6, 6.07) is 7.82. The summed E-state index contributed by atoms with van der Waals surface area (Å²) in [6.45, 7) is 7.34. The van der Waals surface area contributed by atoms with Gasteiger partial charge in [-0.2, -0.15) is 4.98 Å². The van der Waals surface area contributed by atoms with Crippen LogP contribution in [0.4, 0.5) is 5.69 Å². The van der Waals surface area contributed by atoms with Gasteiger partial charge in [0, 0.05) is 37.3 Å². The first-order valence-electron chi connectivity index (χ1n) is 9.31. The van der Waals surface area contributed by atoms with Crippen molar-refractivity contribution in [1.29, 1.82) is 0 Å². The third kappa shape index (κ3) is 4.48. The predicted octanol–water partition coefficient (Wildman–Crippen LogP) is 2.62. The maximum Gasteiger partial charge on any atom is 0.253 e. The highest BCUT2D eigenvalue weighted by atomic mass is 16.5. The van der Waals surface area contributed by atoms with E-state index in [1.807, 2.05) is 29.2 Å². The van der Waals surface area contributed by atoms with Crippen molar-refractivity contribution in [3.05, 3.63) is 42.2 Å². The Morgan fingerprint density at radius 1 is 1.19 bits per heavy atom. The Balaban J connectivity index is 1.60. The van der Waals surface area contributed by atoms with Crippen LogP contribution in [0.2, 0.25) is 0 Å². The van der Waals surface area contributed by atoms with Crippen LogP contribution in [0, 0.1) is 0 Å². The molecule has 7 heteroatoms. The van der Waals surface area contributed by atoms with Crippen LogP contribution in [0.3, 0.4) is 0 Å². The van der Waals surface area contributed by atoms with Crippen molar-refractivity contribution in [1.82, 2.24) is 14.9 Å². The second-order valence-corrected chi connectivity index (χ2v) is 6.40. The number of methoxy groups -OCH3 is 1. The van der Waals surface area contributed by atoms with Crippen molar-refractivity contribution >= 4 is 11.6 Å². The van der Waals surface area contributed by atoms with Gasteiger partial charge >= 0.3 is 0 Å². The van der Waals surface area contributed by atoms with E-state index in [-0.39, 0.29) is 12.0 Å². The second-order valence-electron chi connectivity index (χ2n) is 6.40. The number of hydrogen-bond donors (Lipinski definition) is 0. The number of nitrogens with zero attached hydrogens (tertiary/aromatic N) is 4. The van der Waals surface area contributed by atoms with Gasteiger partial charge in [-0.15, -0.1) is 0 Å². The summed E-state index contributed by atoms with van der Waals surface area (Å²) in [5.74, 6) is 0.855. The van der Waals surface area contributed by atoms with E-state index in [0.717, 1.165) is 25.2 Å². The number of rotatable bonds is 7. The Bertz CT molecular complexity index is 762. The molecule has 0 spiro atoms. The lowest BCUT2D eigenvalue weighted by molar-refractivity contribution is 0.0771. The molecule has 0 aliphatic carbocycles. The van der Waals surface area contributed by atoms with Crippen LogP contribution in [-0.2, 0) is 0 Å². The summed E-state index contributed by atoms with van der Waals surface area (Å²) >= 11 is 0. The molecule has 1 aromatic heterocycles. The molecule has 27 heavy (non-hydrogen) atoms. The summed E-state index contributed by atoms with van der Waals surface area (Å²) in [7, 11) is 1.54. The molecule has 0 saturated carbocycles. The lowest BCUT2D eigenvalue weighted by Crippen LogP contribution is -2.31. The van der Waals surface area contributed by atoms with Crippen LogP contribution >= 0.6 is 0 Å². The number of carbonyl (C=O) groups excluding carboxylic acids is 1. The van der Waals surface area contributed by atoms with Crippen LogP contribution in [-0.4, -0.2) is 60.2 Å². The zero-order valence-corrected chi connectivity index (χ0v) is 16.1. The minimum Gasteiger partial charge on any atom is -0.480 e. The number of likely N-dealkylation sites (tertiary alicyclic amines) is 1.